The number of benzene rings is 2. The number of rotatable bonds is 3. The van der Waals surface area contributed by atoms with Crippen molar-refractivity contribution in [3.8, 4) is 0 Å². The molecular weight excluding hydrogens is 310 g/mol. The predicted octanol–water partition coefficient (Wildman–Crippen LogP) is 5.07. The molecule has 1 aliphatic rings. The molecule has 3 nitrogen and oxygen atoms in total. The van der Waals surface area contributed by atoms with Gasteiger partial charge in [-0.2, -0.15) is 0 Å². The number of carbonyl (C=O) groups is 1. The maximum Gasteiger partial charge on any atom is 0.230 e. The first-order valence-corrected chi connectivity index (χ1v) is 8.98. The highest BCUT2D eigenvalue weighted by molar-refractivity contribution is 5.85. The van der Waals surface area contributed by atoms with Gasteiger partial charge in [-0.3, -0.25) is 4.79 Å². The number of fused-ring (bicyclic) bond motifs is 2. The summed E-state index contributed by atoms with van der Waals surface area (Å²) < 4.78 is 5.96. The van der Waals surface area contributed by atoms with E-state index in [0.717, 1.165) is 36.0 Å². The fraction of sp³-hybridized carbons (Fsp3) is 0.318. The van der Waals surface area contributed by atoms with E-state index in [1.54, 1.807) is 0 Å². The summed E-state index contributed by atoms with van der Waals surface area (Å²) in [6.07, 6.45) is 3.07. The molecule has 0 bridgehead atoms. The van der Waals surface area contributed by atoms with Gasteiger partial charge in [0.15, 0.2) is 0 Å². The van der Waals surface area contributed by atoms with E-state index in [1.165, 1.54) is 11.1 Å². The molecule has 0 aliphatic heterocycles. The summed E-state index contributed by atoms with van der Waals surface area (Å²) in [7, 11) is 1.89. The predicted molar refractivity (Wildman–Crippen MR) is 99.5 cm³/mol. The van der Waals surface area contributed by atoms with Gasteiger partial charge in [-0.1, -0.05) is 42.5 Å². The fourth-order valence-electron chi connectivity index (χ4n) is 3.85. The lowest BCUT2D eigenvalue weighted by molar-refractivity contribution is -0.134. The van der Waals surface area contributed by atoms with E-state index in [4.69, 9.17) is 4.42 Å². The average Bonchev–Trinajstić information content (AvgIpc) is 3.10. The molecule has 0 unspecified atom stereocenters. The molecule has 2 aromatic carbocycles. The van der Waals surface area contributed by atoms with Crippen LogP contribution >= 0.6 is 0 Å². The van der Waals surface area contributed by atoms with Crippen molar-refractivity contribution in [2.75, 3.05) is 7.05 Å². The zero-order valence-electron chi connectivity index (χ0n) is 14.7. The highest BCUT2D eigenvalue weighted by Gasteiger charge is 2.31. The second-order valence-electron chi connectivity index (χ2n) is 6.96. The van der Waals surface area contributed by atoms with E-state index in [1.807, 2.05) is 55.3 Å². The van der Waals surface area contributed by atoms with Gasteiger partial charge in [0, 0.05) is 12.4 Å². The molecule has 25 heavy (non-hydrogen) atoms. The standard InChI is InChI=1S/C22H23NO2/c1-15(21-14-17-9-4-6-13-20(17)25-21)23(2)22(24)19-12-7-10-16-8-3-5-11-18(16)19/h3-6,8-9,11,13-15,19H,7,10,12H2,1-2H3/t15-,19+/m1/s1. The van der Waals surface area contributed by atoms with Crippen molar-refractivity contribution in [3.05, 3.63) is 71.5 Å². The van der Waals surface area contributed by atoms with Crippen LogP contribution in [0.15, 0.2) is 59.0 Å². The highest BCUT2D eigenvalue weighted by atomic mass is 16.3. The van der Waals surface area contributed by atoms with E-state index in [2.05, 4.69) is 18.2 Å². The molecule has 0 fully saturated rings. The van der Waals surface area contributed by atoms with Gasteiger partial charge in [0.1, 0.15) is 11.3 Å². The molecule has 1 amide bonds. The van der Waals surface area contributed by atoms with E-state index >= 15 is 0 Å². The molecule has 2 atom stereocenters. The molecule has 0 spiro atoms. The number of amides is 1. The second-order valence-corrected chi connectivity index (χ2v) is 6.96. The molecule has 1 aliphatic carbocycles. The third kappa shape index (κ3) is 2.84. The highest BCUT2D eigenvalue weighted by Crippen LogP contribution is 2.35. The SMILES string of the molecule is C[C@H](c1cc2ccccc2o1)N(C)C(=O)[C@H]1CCCc2ccccc21. The van der Waals surface area contributed by atoms with Gasteiger partial charge in [0.05, 0.1) is 12.0 Å². The van der Waals surface area contributed by atoms with Gasteiger partial charge in [-0.15, -0.1) is 0 Å². The third-order valence-corrected chi connectivity index (χ3v) is 5.45. The minimum absolute atomic E-state index is 0.0400. The van der Waals surface area contributed by atoms with Crippen LogP contribution in [-0.2, 0) is 11.2 Å². The summed E-state index contributed by atoms with van der Waals surface area (Å²) in [4.78, 5) is 15.0. The monoisotopic (exact) mass is 333 g/mol. The molecule has 1 heterocycles. The summed E-state index contributed by atoms with van der Waals surface area (Å²) in [6, 6.07) is 18.3. The maximum atomic E-state index is 13.2. The molecule has 0 N–H and O–H groups in total. The Labute approximate surface area is 148 Å². The Hall–Kier alpha value is -2.55. The molecule has 3 heteroatoms. The summed E-state index contributed by atoms with van der Waals surface area (Å²) in [5.74, 6) is 0.975. The van der Waals surface area contributed by atoms with Gasteiger partial charge in [0.25, 0.3) is 0 Å². The second kappa shape index (κ2) is 6.40. The van der Waals surface area contributed by atoms with Crippen molar-refractivity contribution in [2.45, 2.75) is 38.1 Å². The minimum atomic E-state index is -0.0889. The zero-order chi connectivity index (χ0) is 17.4. The number of carbonyl (C=O) groups excluding carboxylic acids is 1. The molecule has 128 valence electrons. The zero-order valence-corrected chi connectivity index (χ0v) is 14.7. The average molecular weight is 333 g/mol. The number of aryl methyl sites for hydroxylation is 1. The lowest BCUT2D eigenvalue weighted by atomic mass is 9.82. The smallest absolute Gasteiger partial charge is 0.230 e. The summed E-state index contributed by atoms with van der Waals surface area (Å²) in [6.45, 7) is 2.03. The largest absolute Gasteiger partial charge is 0.459 e. The minimum Gasteiger partial charge on any atom is -0.459 e. The Bertz CT molecular complexity index is 878. The maximum absolute atomic E-state index is 13.2. The van der Waals surface area contributed by atoms with E-state index in [0.29, 0.717) is 0 Å². The van der Waals surface area contributed by atoms with Gasteiger partial charge in [-0.25, -0.2) is 0 Å². The fourth-order valence-corrected chi connectivity index (χ4v) is 3.85. The van der Waals surface area contributed by atoms with Crippen molar-refractivity contribution >= 4 is 16.9 Å². The topological polar surface area (TPSA) is 33.5 Å². The van der Waals surface area contributed by atoms with Gasteiger partial charge in [0.2, 0.25) is 5.91 Å². The lowest BCUT2D eigenvalue weighted by Crippen LogP contribution is -2.35. The first-order valence-electron chi connectivity index (χ1n) is 8.98. The Morgan fingerprint density at radius 1 is 1.16 bits per heavy atom. The molecule has 0 saturated carbocycles. The first kappa shape index (κ1) is 15.9. The van der Waals surface area contributed by atoms with Gasteiger partial charge < -0.3 is 9.32 Å². The van der Waals surface area contributed by atoms with Crippen molar-refractivity contribution < 1.29 is 9.21 Å². The van der Waals surface area contributed by atoms with Crippen molar-refractivity contribution in [2.24, 2.45) is 0 Å². The lowest BCUT2D eigenvalue weighted by Gasteiger charge is -2.31. The summed E-state index contributed by atoms with van der Waals surface area (Å²) in [5.41, 5.74) is 3.38. The molecular formula is C22H23NO2. The molecule has 1 aromatic heterocycles. The first-order chi connectivity index (χ1) is 12.1. The van der Waals surface area contributed by atoms with Crippen LogP contribution in [0.1, 0.15) is 48.6 Å². The number of nitrogens with zero attached hydrogens (tertiary/aromatic N) is 1. The number of hydrogen-bond donors (Lipinski definition) is 0. The molecule has 0 radical (unpaired) electrons. The van der Waals surface area contributed by atoms with Gasteiger partial charge in [-0.05, 0) is 49.4 Å². The van der Waals surface area contributed by atoms with Crippen LogP contribution < -0.4 is 0 Å². The number of para-hydroxylation sites is 1. The van der Waals surface area contributed by atoms with Crippen LogP contribution in [0.5, 0.6) is 0 Å². The van der Waals surface area contributed by atoms with Crippen LogP contribution in [-0.4, -0.2) is 17.9 Å². The van der Waals surface area contributed by atoms with Crippen molar-refractivity contribution in [3.63, 3.8) is 0 Å². The number of furan rings is 1. The Morgan fingerprint density at radius 2 is 1.92 bits per heavy atom. The molecule has 3 aromatic rings. The van der Waals surface area contributed by atoms with Crippen LogP contribution in [0.25, 0.3) is 11.0 Å². The Kier molecular flexibility index (Phi) is 4.08. The number of hydrogen-bond acceptors (Lipinski definition) is 2. The van der Waals surface area contributed by atoms with Crippen molar-refractivity contribution in [1.82, 2.24) is 4.90 Å². The van der Waals surface area contributed by atoms with Gasteiger partial charge >= 0.3 is 0 Å². The number of likely N-dealkylation sites (N-methyl/N-ethyl adjacent to an activating group) is 1. The van der Waals surface area contributed by atoms with Crippen molar-refractivity contribution in [1.29, 1.82) is 0 Å². The van der Waals surface area contributed by atoms with E-state index in [9.17, 15) is 4.79 Å². The third-order valence-electron chi connectivity index (χ3n) is 5.45. The normalized spacial score (nSPS) is 17.9. The molecule has 0 saturated heterocycles. The quantitative estimate of drug-likeness (QED) is 0.670. The summed E-state index contributed by atoms with van der Waals surface area (Å²) in [5, 5.41) is 1.08. The molecule has 4 rings (SSSR count). The van der Waals surface area contributed by atoms with Crippen LogP contribution in [0, 0.1) is 0 Å². The van der Waals surface area contributed by atoms with E-state index < -0.39 is 0 Å². The Morgan fingerprint density at radius 3 is 2.76 bits per heavy atom. The summed E-state index contributed by atoms with van der Waals surface area (Å²) >= 11 is 0. The Balaban J connectivity index is 1.60. The van der Waals surface area contributed by atoms with Crippen LogP contribution in [0.2, 0.25) is 0 Å². The van der Waals surface area contributed by atoms with E-state index in [-0.39, 0.29) is 17.9 Å². The van der Waals surface area contributed by atoms with Crippen LogP contribution in [0.3, 0.4) is 0 Å². The van der Waals surface area contributed by atoms with Crippen LogP contribution in [0.4, 0.5) is 0 Å².